The zero-order chi connectivity index (χ0) is 19.4. The monoisotopic (exact) mass is 369 g/mol. The van der Waals surface area contributed by atoms with Crippen LogP contribution in [-0.2, 0) is 11.3 Å². The van der Waals surface area contributed by atoms with E-state index in [9.17, 15) is 4.79 Å². The minimum absolute atomic E-state index is 0.123. The summed E-state index contributed by atoms with van der Waals surface area (Å²) >= 11 is 0. The zero-order valence-electron chi connectivity index (χ0n) is 16.2. The summed E-state index contributed by atoms with van der Waals surface area (Å²) in [5.41, 5.74) is 4.60. The molecule has 0 spiro atoms. The van der Waals surface area contributed by atoms with E-state index in [1.807, 2.05) is 41.8 Å². The first-order chi connectivity index (χ1) is 13.1. The molecule has 1 fully saturated rings. The number of carbonyl (C=O) groups excluding carboxylic acids is 1. The van der Waals surface area contributed by atoms with E-state index in [1.54, 1.807) is 7.11 Å². The molecule has 1 amide bonds. The fourth-order valence-corrected chi connectivity index (χ4v) is 3.65. The van der Waals surface area contributed by atoms with Crippen LogP contribution in [-0.4, -0.2) is 43.9 Å². The number of morpholine rings is 1. The van der Waals surface area contributed by atoms with Gasteiger partial charge in [-0.15, -0.1) is 6.58 Å². The lowest BCUT2D eigenvalue weighted by Crippen LogP contribution is -2.36. The molecule has 6 nitrogen and oxygen atoms in total. The van der Waals surface area contributed by atoms with E-state index in [0.29, 0.717) is 25.5 Å². The van der Waals surface area contributed by atoms with Crippen LogP contribution in [0.2, 0.25) is 0 Å². The topological polar surface area (TPSA) is 55.7 Å². The molecule has 1 N–H and O–H groups in total. The molecule has 1 aliphatic rings. The summed E-state index contributed by atoms with van der Waals surface area (Å²) in [5.74, 6) is 0.631. The quantitative estimate of drug-likeness (QED) is 0.793. The number of aromatic nitrogens is 1. The molecule has 0 bridgehead atoms. The lowest BCUT2D eigenvalue weighted by atomic mass is 10.1. The maximum absolute atomic E-state index is 13.1. The van der Waals surface area contributed by atoms with Gasteiger partial charge in [-0.3, -0.25) is 4.79 Å². The summed E-state index contributed by atoms with van der Waals surface area (Å²) in [6.07, 6.45) is 1.82. The third-order valence-corrected chi connectivity index (χ3v) is 4.93. The van der Waals surface area contributed by atoms with Crippen molar-refractivity contribution in [2.75, 3.05) is 43.6 Å². The van der Waals surface area contributed by atoms with Crippen molar-refractivity contribution < 1.29 is 14.3 Å². The summed E-state index contributed by atoms with van der Waals surface area (Å²) < 4.78 is 12.7. The van der Waals surface area contributed by atoms with E-state index in [4.69, 9.17) is 9.47 Å². The molecule has 27 heavy (non-hydrogen) atoms. The number of benzene rings is 1. The van der Waals surface area contributed by atoms with Gasteiger partial charge in [0.25, 0.3) is 5.91 Å². The zero-order valence-corrected chi connectivity index (χ0v) is 16.2. The van der Waals surface area contributed by atoms with Gasteiger partial charge in [-0.25, -0.2) is 0 Å². The molecule has 1 aromatic heterocycles. The second kappa shape index (κ2) is 8.31. The summed E-state index contributed by atoms with van der Waals surface area (Å²) in [4.78, 5) is 15.4. The van der Waals surface area contributed by atoms with Crippen LogP contribution in [0.4, 0.5) is 11.4 Å². The molecular weight excluding hydrogens is 342 g/mol. The number of hydrogen-bond donors (Lipinski definition) is 1. The molecule has 3 rings (SSSR count). The number of ether oxygens (including phenoxy) is 2. The van der Waals surface area contributed by atoms with E-state index in [0.717, 1.165) is 41.5 Å². The Morgan fingerprint density at radius 3 is 2.52 bits per heavy atom. The number of allylic oxidation sites excluding steroid dienone is 1. The molecule has 6 heteroatoms. The van der Waals surface area contributed by atoms with Gasteiger partial charge in [0, 0.05) is 36.6 Å². The van der Waals surface area contributed by atoms with Crippen LogP contribution in [0.15, 0.2) is 36.9 Å². The predicted octanol–water partition coefficient (Wildman–Crippen LogP) is 3.39. The van der Waals surface area contributed by atoms with E-state index in [1.165, 1.54) is 0 Å². The summed E-state index contributed by atoms with van der Waals surface area (Å²) in [6.45, 7) is 11.6. The fourth-order valence-electron chi connectivity index (χ4n) is 3.65. The number of nitrogens with zero attached hydrogens (tertiary/aromatic N) is 2. The van der Waals surface area contributed by atoms with Crippen LogP contribution < -0.4 is 15.0 Å². The summed E-state index contributed by atoms with van der Waals surface area (Å²) in [6, 6.07) is 7.33. The molecule has 0 aliphatic carbocycles. The number of amides is 1. The highest BCUT2D eigenvalue weighted by atomic mass is 16.5. The number of nitrogens with one attached hydrogen (secondary N) is 1. The SMILES string of the molecule is C=CCn1c(C)c(N2CCOCC2)c(C)c1C(=O)Nc1ccc(OC)cc1. The molecule has 0 radical (unpaired) electrons. The molecule has 1 saturated heterocycles. The Bertz CT molecular complexity index is 818. The third kappa shape index (κ3) is 3.85. The molecule has 1 aromatic carbocycles. The standard InChI is InChI=1S/C21H27N3O3/c1-5-10-24-16(3)19(23-11-13-27-14-12-23)15(2)20(24)21(25)22-17-6-8-18(26-4)9-7-17/h5-9H,1,10-14H2,2-4H3,(H,22,25). The van der Waals surface area contributed by atoms with Crippen molar-refractivity contribution in [2.24, 2.45) is 0 Å². The highest BCUT2D eigenvalue weighted by Gasteiger charge is 2.26. The minimum Gasteiger partial charge on any atom is -0.497 e. The molecule has 0 saturated carbocycles. The van der Waals surface area contributed by atoms with Crippen molar-refractivity contribution in [1.82, 2.24) is 4.57 Å². The average Bonchev–Trinajstić information content (AvgIpc) is 2.93. The Morgan fingerprint density at radius 2 is 1.93 bits per heavy atom. The molecule has 0 unspecified atom stereocenters. The van der Waals surface area contributed by atoms with Crippen molar-refractivity contribution in [3.05, 3.63) is 53.9 Å². The largest absolute Gasteiger partial charge is 0.497 e. The van der Waals surface area contributed by atoms with Crippen molar-refractivity contribution in [3.8, 4) is 5.75 Å². The van der Waals surface area contributed by atoms with Crippen LogP contribution in [0.5, 0.6) is 5.75 Å². The van der Waals surface area contributed by atoms with Gasteiger partial charge in [-0.1, -0.05) is 6.08 Å². The van der Waals surface area contributed by atoms with E-state index >= 15 is 0 Å². The number of carbonyl (C=O) groups is 1. The number of methoxy groups -OCH3 is 1. The first-order valence-electron chi connectivity index (χ1n) is 9.15. The van der Waals surface area contributed by atoms with Crippen molar-refractivity contribution in [2.45, 2.75) is 20.4 Å². The molecule has 2 aromatic rings. The van der Waals surface area contributed by atoms with Gasteiger partial charge in [-0.2, -0.15) is 0 Å². The molecule has 0 atom stereocenters. The summed E-state index contributed by atoms with van der Waals surface area (Å²) in [7, 11) is 1.62. The van der Waals surface area contributed by atoms with Crippen molar-refractivity contribution in [3.63, 3.8) is 0 Å². The first-order valence-corrected chi connectivity index (χ1v) is 9.15. The molecule has 144 valence electrons. The lowest BCUT2D eigenvalue weighted by Gasteiger charge is -2.29. The van der Waals surface area contributed by atoms with Crippen LogP contribution >= 0.6 is 0 Å². The maximum atomic E-state index is 13.1. The van der Waals surface area contributed by atoms with E-state index in [-0.39, 0.29) is 5.91 Å². The Hall–Kier alpha value is -2.73. The van der Waals surface area contributed by atoms with Gasteiger partial charge in [0.2, 0.25) is 0 Å². The van der Waals surface area contributed by atoms with Crippen LogP contribution in [0, 0.1) is 13.8 Å². The maximum Gasteiger partial charge on any atom is 0.272 e. The predicted molar refractivity (Wildman–Crippen MR) is 108 cm³/mol. The Labute approximate surface area is 160 Å². The van der Waals surface area contributed by atoms with Gasteiger partial charge < -0.3 is 24.3 Å². The molecular formula is C21H27N3O3. The normalized spacial score (nSPS) is 14.1. The number of rotatable bonds is 6. The molecule has 2 heterocycles. The molecule has 1 aliphatic heterocycles. The third-order valence-electron chi connectivity index (χ3n) is 4.93. The smallest absolute Gasteiger partial charge is 0.272 e. The summed E-state index contributed by atoms with van der Waals surface area (Å²) in [5, 5.41) is 3.00. The Kier molecular flexibility index (Phi) is 5.86. The van der Waals surface area contributed by atoms with Crippen molar-refractivity contribution in [1.29, 1.82) is 0 Å². The van der Waals surface area contributed by atoms with Gasteiger partial charge in [0.15, 0.2) is 0 Å². The highest BCUT2D eigenvalue weighted by molar-refractivity contribution is 6.05. The van der Waals surface area contributed by atoms with Gasteiger partial charge in [-0.05, 0) is 38.1 Å². The lowest BCUT2D eigenvalue weighted by molar-refractivity contribution is 0.101. The Balaban J connectivity index is 1.94. The second-order valence-corrected chi connectivity index (χ2v) is 6.59. The van der Waals surface area contributed by atoms with Crippen LogP contribution in [0.3, 0.4) is 0 Å². The van der Waals surface area contributed by atoms with Crippen molar-refractivity contribution >= 4 is 17.3 Å². The van der Waals surface area contributed by atoms with E-state index in [2.05, 4.69) is 23.7 Å². The van der Waals surface area contributed by atoms with Crippen LogP contribution in [0.25, 0.3) is 0 Å². The Morgan fingerprint density at radius 1 is 1.26 bits per heavy atom. The average molecular weight is 369 g/mol. The number of anilines is 2. The highest BCUT2D eigenvalue weighted by Crippen LogP contribution is 2.32. The van der Waals surface area contributed by atoms with E-state index < -0.39 is 0 Å². The second-order valence-electron chi connectivity index (χ2n) is 6.59. The van der Waals surface area contributed by atoms with Gasteiger partial charge in [0.1, 0.15) is 11.4 Å². The first kappa shape index (κ1) is 19.0. The van der Waals surface area contributed by atoms with Gasteiger partial charge in [0.05, 0.1) is 26.0 Å². The number of hydrogen-bond acceptors (Lipinski definition) is 4. The minimum atomic E-state index is -0.123. The van der Waals surface area contributed by atoms with Crippen LogP contribution in [0.1, 0.15) is 21.7 Å². The fraction of sp³-hybridized carbons (Fsp3) is 0.381. The van der Waals surface area contributed by atoms with Gasteiger partial charge >= 0.3 is 0 Å².